The Morgan fingerprint density at radius 3 is 2.47 bits per heavy atom. The van der Waals surface area contributed by atoms with Crippen LogP contribution in [0, 0.1) is 0 Å². The number of methoxy groups -OCH3 is 1. The standard InChI is InChI=1S/C13H17NO5/c1-8(3-4-12(15)16)19-11-6-9(13(14)17)5-10(7-11)18-2/h5-8H,3-4H2,1-2H3,(H2,14,17)(H,15,16). The fourth-order valence-corrected chi connectivity index (χ4v) is 1.52. The van der Waals surface area contributed by atoms with Crippen molar-refractivity contribution < 1.29 is 24.2 Å². The van der Waals surface area contributed by atoms with Gasteiger partial charge < -0.3 is 20.3 Å². The second-order valence-electron chi connectivity index (χ2n) is 4.12. The van der Waals surface area contributed by atoms with E-state index in [0.717, 1.165) is 0 Å². The largest absolute Gasteiger partial charge is 0.497 e. The van der Waals surface area contributed by atoms with Crippen LogP contribution < -0.4 is 15.2 Å². The zero-order valence-electron chi connectivity index (χ0n) is 10.9. The molecule has 0 spiro atoms. The van der Waals surface area contributed by atoms with Crippen molar-refractivity contribution in [3.63, 3.8) is 0 Å². The fourth-order valence-electron chi connectivity index (χ4n) is 1.52. The zero-order valence-corrected chi connectivity index (χ0v) is 10.9. The Bertz CT molecular complexity index is 472. The van der Waals surface area contributed by atoms with E-state index < -0.39 is 11.9 Å². The van der Waals surface area contributed by atoms with Gasteiger partial charge in [0.05, 0.1) is 13.2 Å². The normalized spacial score (nSPS) is 11.7. The van der Waals surface area contributed by atoms with Gasteiger partial charge in [0.2, 0.25) is 5.91 Å². The average molecular weight is 267 g/mol. The molecule has 0 aromatic heterocycles. The van der Waals surface area contributed by atoms with E-state index >= 15 is 0 Å². The van der Waals surface area contributed by atoms with Gasteiger partial charge >= 0.3 is 5.97 Å². The number of ether oxygens (including phenoxy) is 2. The molecule has 0 aliphatic carbocycles. The number of aliphatic carboxylic acids is 1. The number of amides is 1. The van der Waals surface area contributed by atoms with Gasteiger partial charge in [-0.15, -0.1) is 0 Å². The van der Waals surface area contributed by atoms with Gasteiger partial charge in [-0.2, -0.15) is 0 Å². The SMILES string of the molecule is COc1cc(OC(C)CCC(=O)O)cc(C(N)=O)c1. The van der Waals surface area contributed by atoms with Crippen molar-refractivity contribution in [2.45, 2.75) is 25.9 Å². The minimum atomic E-state index is -0.876. The molecule has 1 amide bonds. The summed E-state index contributed by atoms with van der Waals surface area (Å²) < 4.78 is 10.6. The van der Waals surface area contributed by atoms with Gasteiger partial charge in [-0.1, -0.05) is 0 Å². The maximum atomic E-state index is 11.2. The maximum absolute atomic E-state index is 11.2. The molecular weight excluding hydrogens is 250 g/mol. The summed E-state index contributed by atoms with van der Waals surface area (Å²) in [6, 6.07) is 4.63. The number of rotatable bonds is 7. The van der Waals surface area contributed by atoms with E-state index in [1.165, 1.54) is 19.2 Å². The third kappa shape index (κ3) is 4.87. The van der Waals surface area contributed by atoms with E-state index in [4.69, 9.17) is 20.3 Å². The first-order valence-corrected chi connectivity index (χ1v) is 5.79. The lowest BCUT2D eigenvalue weighted by molar-refractivity contribution is -0.137. The van der Waals surface area contributed by atoms with Crippen LogP contribution in [-0.4, -0.2) is 30.2 Å². The van der Waals surface area contributed by atoms with E-state index in [-0.39, 0.29) is 18.1 Å². The summed E-state index contributed by atoms with van der Waals surface area (Å²) in [4.78, 5) is 21.6. The van der Waals surface area contributed by atoms with Crippen LogP contribution in [0.4, 0.5) is 0 Å². The Morgan fingerprint density at radius 1 is 1.32 bits per heavy atom. The summed E-state index contributed by atoms with van der Waals surface area (Å²) in [5.74, 6) is -0.580. The van der Waals surface area contributed by atoms with E-state index in [0.29, 0.717) is 17.9 Å². The van der Waals surface area contributed by atoms with Gasteiger partial charge in [-0.3, -0.25) is 9.59 Å². The molecule has 1 aromatic carbocycles. The topological polar surface area (TPSA) is 98.8 Å². The van der Waals surface area contributed by atoms with Crippen molar-refractivity contribution in [1.82, 2.24) is 0 Å². The first-order chi connectivity index (χ1) is 8.92. The number of hydrogen-bond acceptors (Lipinski definition) is 4. The van der Waals surface area contributed by atoms with Crippen LogP contribution in [0.3, 0.4) is 0 Å². The molecule has 0 bridgehead atoms. The predicted molar refractivity (Wildman–Crippen MR) is 68.5 cm³/mol. The highest BCUT2D eigenvalue weighted by atomic mass is 16.5. The number of hydrogen-bond donors (Lipinski definition) is 2. The van der Waals surface area contributed by atoms with Crippen molar-refractivity contribution in [2.75, 3.05) is 7.11 Å². The molecule has 6 nitrogen and oxygen atoms in total. The summed E-state index contributed by atoms with van der Waals surface area (Å²) in [5.41, 5.74) is 5.49. The van der Waals surface area contributed by atoms with Crippen molar-refractivity contribution >= 4 is 11.9 Å². The summed E-state index contributed by atoms with van der Waals surface area (Å²) in [5, 5.41) is 8.59. The number of benzene rings is 1. The number of carbonyl (C=O) groups excluding carboxylic acids is 1. The number of primary amides is 1. The zero-order chi connectivity index (χ0) is 14.4. The molecule has 1 atom stereocenters. The third-order valence-corrected chi connectivity index (χ3v) is 2.50. The summed E-state index contributed by atoms with van der Waals surface area (Å²) in [7, 11) is 1.47. The van der Waals surface area contributed by atoms with Crippen molar-refractivity contribution in [2.24, 2.45) is 5.73 Å². The van der Waals surface area contributed by atoms with Gasteiger partial charge in [0.15, 0.2) is 0 Å². The molecule has 0 fully saturated rings. The molecule has 0 radical (unpaired) electrons. The van der Waals surface area contributed by atoms with Crippen LogP contribution in [0.2, 0.25) is 0 Å². The number of carboxylic acid groups (broad SMARTS) is 1. The predicted octanol–water partition coefficient (Wildman–Crippen LogP) is 1.43. The molecule has 0 saturated carbocycles. The molecule has 3 N–H and O–H groups in total. The van der Waals surface area contributed by atoms with Crippen LogP contribution >= 0.6 is 0 Å². The molecule has 19 heavy (non-hydrogen) atoms. The molecular formula is C13H17NO5. The van der Waals surface area contributed by atoms with Gasteiger partial charge in [-0.05, 0) is 25.5 Å². The lowest BCUT2D eigenvalue weighted by Crippen LogP contribution is -2.15. The van der Waals surface area contributed by atoms with Gasteiger partial charge in [0.1, 0.15) is 11.5 Å². The molecule has 1 aromatic rings. The molecule has 1 unspecified atom stereocenters. The third-order valence-electron chi connectivity index (χ3n) is 2.50. The minimum Gasteiger partial charge on any atom is -0.497 e. The molecule has 6 heteroatoms. The lowest BCUT2D eigenvalue weighted by Gasteiger charge is -2.15. The number of carboxylic acids is 1. The van der Waals surface area contributed by atoms with E-state index in [1.807, 2.05) is 0 Å². The highest BCUT2D eigenvalue weighted by Crippen LogP contribution is 2.24. The Labute approximate surface area is 111 Å². The number of nitrogens with two attached hydrogens (primary N) is 1. The van der Waals surface area contributed by atoms with Crippen LogP contribution in [0.15, 0.2) is 18.2 Å². The summed E-state index contributed by atoms with van der Waals surface area (Å²) >= 11 is 0. The Kier molecular flexibility index (Phi) is 5.17. The fraction of sp³-hybridized carbons (Fsp3) is 0.385. The van der Waals surface area contributed by atoms with Crippen LogP contribution in [0.1, 0.15) is 30.1 Å². The van der Waals surface area contributed by atoms with Crippen molar-refractivity contribution in [3.05, 3.63) is 23.8 Å². The molecule has 0 heterocycles. The first-order valence-electron chi connectivity index (χ1n) is 5.79. The molecule has 104 valence electrons. The highest BCUT2D eigenvalue weighted by molar-refractivity contribution is 5.93. The Morgan fingerprint density at radius 2 is 1.95 bits per heavy atom. The van der Waals surface area contributed by atoms with E-state index in [2.05, 4.69) is 0 Å². The van der Waals surface area contributed by atoms with E-state index in [9.17, 15) is 9.59 Å². The highest BCUT2D eigenvalue weighted by Gasteiger charge is 2.11. The van der Waals surface area contributed by atoms with Crippen molar-refractivity contribution in [1.29, 1.82) is 0 Å². The van der Waals surface area contributed by atoms with Crippen LogP contribution in [-0.2, 0) is 4.79 Å². The quantitative estimate of drug-likeness (QED) is 0.778. The Balaban J connectivity index is 2.79. The average Bonchev–Trinajstić information content (AvgIpc) is 2.35. The minimum absolute atomic E-state index is 0.0216. The number of carbonyl (C=O) groups is 2. The molecule has 1 rings (SSSR count). The van der Waals surface area contributed by atoms with Gasteiger partial charge in [0.25, 0.3) is 0 Å². The monoisotopic (exact) mass is 267 g/mol. The lowest BCUT2D eigenvalue weighted by atomic mass is 10.2. The van der Waals surface area contributed by atoms with Crippen LogP contribution in [0.5, 0.6) is 11.5 Å². The van der Waals surface area contributed by atoms with Gasteiger partial charge in [0, 0.05) is 18.1 Å². The van der Waals surface area contributed by atoms with E-state index in [1.54, 1.807) is 13.0 Å². The second-order valence-corrected chi connectivity index (χ2v) is 4.12. The van der Waals surface area contributed by atoms with Crippen molar-refractivity contribution in [3.8, 4) is 11.5 Å². The second kappa shape index (κ2) is 6.63. The molecule has 0 aliphatic heterocycles. The van der Waals surface area contributed by atoms with Crippen LogP contribution in [0.25, 0.3) is 0 Å². The molecule has 0 aliphatic rings. The maximum Gasteiger partial charge on any atom is 0.303 e. The smallest absolute Gasteiger partial charge is 0.303 e. The first kappa shape index (κ1) is 14.8. The summed E-state index contributed by atoms with van der Waals surface area (Å²) in [6.45, 7) is 1.76. The Hall–Kier alpha value is -2.24. The summed E-state index contributed by atoms with van der Waals surface area (Å²) in [6.07, 6.45) is 0.107. The molecule has 0 saturated heterocycles. The van der Waals surface area contributed by atoms with Gasteiger partial charge in [-0.25, -0.2) is 0 Å².